The van der Waals surface area contributed by atoms with Crippen molar-refractivity contribution in [2.24, 2.45) is 11.8 Å². The summed E-state index contributed by atoms with van der Waals surface area (Å²) >= 11 is 5.76. The molecule has 0 aromatic heterocycles. The molecule has 0 aliphatic rings. The van der Waals surface area contributed by atoms with Crippen molar-refractivity contribution >= 4 is 23.6 Å². The zero-order valence-electron chi connectivity index (χ0n) is 9.35. The standard InChI is InChI=1S/C13H15ClO2/c1-9(2)12(13(15)16)8-5-10-3-6-11(14)7-4-10/h3-9,12H,1-2H3,(H,15,16). The SMILES string of the molecule is CC(C)C(C=Cc1ccc(Cl)cc1)C(=O)O. The van der Waals surface area contributed by atoms with Crippen LogP contribution in [0.3, 0.4) is 0 Å². The third-order valence-electron chi connectivity index (χ3n) is 2.37. The number of hydrogen-bond donors (Lipinski definition) is 1. The van der Waals surface area contributed by atoms with Crippen molar-refractivity contribution in [2.45, 2.75) is 13.8 Å². The number of benzene rings is 1. The second-order valence-electron chi connectivity index (χ2n) is 4.02. The Morgan fingerprint density at radius 2 is 1.88 bits per heavy atom. The summed E-state index contributed by atoms with van der Waals surface area (Å²) in [4.78, 5) is 10.9. The van der Waals surface area contributed by atoms with E-state index in [4.69, 9.17) is 16.7 Å². The third-order valence-corrected chi connectivity index (χ3v) is 2.62. The third kappa shape index (κ3) is 3.70. The van der Waals surface area contributed by atoms with Crippen LogP contribution in [0.5, 0.6) is 0 Å². The van der Waals surface area contributed by atoms with E-state index in [1.165, 1.54) is 0 Å². The highest BCUT2D eigenvalue weighted by Crippen LogP contribution is 2.16. The molecule has 0 saturated heterocycles. The lowest BCUT2D eigenvalue weighted by molar-refractivity contribution is -0.141. The molecule has 1 N–H and O–H groups in total. The predicted octanol–water partition coefficient (Wildman–Crippen LogP) is 3.71. The fraction of sp³-hybridized carbons (Fsp3) is 0.308. The number of rotatable bonds is 4. The highest BCUT2D eigenvalue weighted by molar-refractivity contribution is 6.30. The van der Waals surface area contributed by atoms with Crippen LogP contribution in [0.15, 0.2) is 30.3 Å². The van der Waals surface area contributed by atoms with Crippen LogP contribution in [-0.4, -0.2) is 11.1 Å². The van der Waals surface area contributed by atoms with Gasteiger partial charge in [0.2, 0.25) is 0 Å². The van der Waals surface area contributed by atoms with E-state index in [1.807, 2.05) is 32.1 Å². The summed E-state index contributed by atoms with van der Waals surface area (Å²) in [6.07, 6.45) is 3.53. The van der Waals surface area contributed by atoms with E-state index >= 15 is 0 Å². The van der Waals surface area contributed by atoms with Crippen molar-refractivity contribution < 1.29 is 9.90 Å². The Balaban J connectivity index is 2.78. The molecule has 16 heavy (non-hydrogen) atoms. The van der Waals surface area contributed by atoms with Gasteiger partial charge in [0.1, 0.15) is 0 Å². The van der Waals surface area contributed by atoms with Gasteiger partial charge in [-0.2, -0.15) is 0 Å². The Hall–Kier alpha value is -1.28. The summed E-state index contributed by atoms with van der Waals surface area (Å²) < 4.78 is 0. The first-order chi connectivity index (χ1) is 7.50. The van der Waals surface area contributed by atoms with Crippen LogP contribution in [0, 0.1) is 11.8 Å². The first-order valence-electron chi connectivity index (χ1n) is 5.17. The molecule has 86 valence electrons. The van der Waals surface area contributed by atoms with Crippen LogP contribution in [0.4, 0.5) is 0 Å². The van der Waals surface area contributed by atoms with Gasteiger partial charge in [0.25, 0.3) is 0 Å². The van der Waals surface area contributed by atoms with E-state index < -0.39 is 11.9 Å². The second-order valence-corrected chi connectivity index (χ2v) is 4.46. The number of hydrogen-bond acceptors (Lipinski definition) is 1. The Bertz CT molecular complexity index is 379. The first-order valence-corrected chi connectivity index (χ1v) is 5.55. The lowest BCUT2D eigenvalue weighted by Crippen LogP contribution is -2.16. The van der Waals surface area contributed by atoms with Crippen molar-refractivity contribution in [2.75, 3.05) is 0 Å². The van der Waals surface area contributed by atoms with E-state index in [2.05, 4.69) is 0 Å². The Morgan fingerprint density at radius 3 is 2.31 bits per heavy atom. The van der Waals surface area contributed by atoms with Gasteiger partial charge in [0.05, 0.1) is 5.92 Å². The molecule has 0 bridgehead atoms. The van der Waals surface area contributed by atoms with Gasteiger partial charge in [0, 0.05) is 5.02 Å². The summed E-state index contributed by atoms with van der Waals surface area (Å²) in [5, 5.41) is 9.67. The Labute approximate surface area is 101 Å². The molecule has 1 aromatic carbocycles. The van der Waals surface area contributed by atoms with Crippen LogP contribution in [0.25, 0.3) is 6.08 Å². The highest BCUT2D eigenvalue weighted by atomic mass is 35.5. The number of aliphatic carboxylic acids is 1. The van der Waals surface area contributed by atoms with Gasteiger partial charge in [-0.25, -0.2) is 0 Å². The van der Waals surface area contributed by atoms with Gasteiger partial charge in [-0.15, -0.1) is 0 Å². The molecule has 0 fully saturated rings. The number of carboxylic acid groups (broad SMARTS) is 1. The number of carboxylic acids is 1. The van der Waals surface area contributed by atoms with Crippen molar-refractivity contribution in [1.29, 1.82) is 0 Å². The summed E-state index contributed by atoms with van der Waals surface area (Å²) in [6.45, 7) is 3.79. The average Bonchev–Trinajstić information content (AvgIpc) is 2.20. The topological polar surface area (TPSA) is 37.3 Å². The van der Waals surface area contributed by atoms with Gasteiger partial charge in [-0.3, -0.25) is 4.79 Å². The molecular formula is C13H15ClO2. The maximum Gasteiger partial charge on any atom is 0.310 e. The Kier molecular flexibility index (Phi) is 4.56. The molecule has 1 atom stereocenters. The average molecular weight is 239 g/mol. The molecule has 0 aliphatic heterocycles. The molecular weight excluding hydrogens is 224 g/mol. The lowest BCUT2D eigenvalue weighted by Gasteiger charge is -2.10. The van der Waals surface area contributed by atoms with Crippen molar-refractivity contribution in [3.63, 3.8) is 0 Å². The van der Waals surface area contributed by atoms with Gasteiger partial charge < -0.3 is 5.11 Å². The van der Waals surface area contributed by atoms with Crippen LogP contribution >= 0.6 is 11.6 Å². The van der Waals surface area contributed by atoms with Crippen molar-refractivity contribution in [1.82, 2.24) is 0 Å². The monoisotopic (exact) mass is 238 g/mol. The van der Waals surface area contributed by atoms with E-state index in [1.54, 1.807) is 18.2 Å². The molecule has 0 radical (unpaired) electrons. The van der Waals surface area contributed by atoms with E-state index in [0.29, 0.717) is 5.02 Å². The van der Waals surface area contributed by atoms with Gasteiger partial charge >= 0.3 is 5.97 Å². The van der Waals surface area contributed by atoms with Crippen molar-refractivity contribution in [3.8, 4) is 0 Å². The quantitative estimate of drug-likeness (QED) is 0.868. The molecule has 0 spiro atoms. The van der Waals surface area contributed by atoms with Gasteiger partial charge in [-0.05, 0) is 23.6 Å². The largest absolute Gasteiger partial charge is 0.481 e. The summed E-state index contributed by atoms with van der Waals surface area (Å²) in [5.41, 5.74) is 0.955. The van der Waals surface area contributed by atoms with Gasteiger partial charge in [0.15, 0.2) is 0 Å². The molecule has 0 saturated carbocycles. The molecule has 0 amide bonds. The van der Waals surface area contributed by atoms with Crippen molar-refractivity contribution in [3.05, 3.63) is 40.9 Å². The second kappa shape index (κ2) is 5.71. The predicted molar refractivity (Wildman–Crippen MR) is 66.4 cm³/mol. The molecule has 1 aromatic rings. The minimum absolute atomic E-state index is 0.0843. The lowest BCUT2D eigenvalue weighted by atomic mass is 9.95. The maximum absolute atomic E-state index is 10.9. The number of carbonyl (C=O) groups is 1. The minimum Gasteiger partial charge on any atom is -0.481 e. The fourth-order valence-corrected chi connectivity index (χ4v) is 1.50. The van der Waals surface area contributed by atoms with Crippen LogP contribution in [0.2, 0.25) is 5.02 Å². The summed E-state index contributed by atoms with van der Waals surface area (Å²) in [5.74, 6) is -1.16. The highest BCUT2D eigenvalue weighted by Gasteiger charge is 2.17. The minimum atomic E-state index is -0.791. The molecule has 1 unspecified atom stereocenters. The maximum atomic E-state index is 10.9. The summed E-state index contributed by atoms with van der Waals surface area (Å²) in [6, 6.07) is 7.29. The van der Waals surface area contributed by atoms with Crippen LogP contribution < -0.4 is 0 Å². The van der Waals surface area contributed by atoms with E-state index in [9.17, 15) is 4.79 Å². The zero-order valence-corrected chi connectivity index (χ0v) is 10.1. The fourth-order valence-electron chi connectivity index (χ4n) is 1.38. The van der Waals surface area contributed by atoms with E-state index in [-0.39, 0.29) is 5.92 Å². The molecule has 0 aliphatic carbocycles. The Morgan fingerprint density at radius 1 is 1.31 bits per heavy atom. The molecule has 1 rings (SSSR count). The van der Waals surface area contributed by atoms with Gasteiger partial charge in [-0.1, -0.05) is 49.7 Å². The van der Waals surface area contributed by atoms with Crippen LogP contribution in [0.1, 0.15) is 19.4 Å². The van der Waals surface area contributed by atoms with Crippen LogP contribution in [-0.2, 0) is 4.79 Å². The molecule has 0 heterocycles. The summed E-state index contributed by atoms with van der Waals surface area (Å²) in [7, 11) is 0. The first kappa shape index (κ1) is 12.8. The smallest absolute Gasteiger partial charge is 0.310 e. The zero-order chi connectivity index (χ0) is 12.1. The number of halogens is 1. The normalized spacial score (nSPS) is 13.2. The van der Waals surface area contributed by atoms with E-state index in [0.717, 1.165) is 5.56 Å². The molecule has 2 nitrogen and oxygen atoms in total. The molecule has 3 heteroatoms.